The normalized spacial score (nSPS) is 23.6. The monoisotopic (exact) mass is 510 g/mol. The minimum Gasteiger partial charge on any atom is -0.387 e. The number of carbonyl (C=O) groups excluding carboxylic acids is 1. The van der Waals surface area contributed by atoms with Gasteiger partial charge in [-0.25, -0.2) is 4.98 Å². The molecule has 15 heteroatoms. The number of rotatable bonds is 8. The van der Waals surface area contributed by atoms with E-state index in [2.05, 4.69) is 41.1 Å². The average Bonchev–Trinajstić information content (AvgIpc) is 3.21. The van der Waals surface area contributed by atoms with Crippen molar-refractivity contribution < 1.29 is 24.3 Å². The highest BCUT2D eigenvalue weighted by molar-refractivity contribution is 5.84. The third kappa shape index (κ3) is 4.41. The predicted octanol–water partition coefficient (Wildman–Crippen LogP) is -0.367. The first kappa shape index (κ1) is 23.4. The zero-order chi connectivity index (χ0) is 25.7. The van der Waals surface area contributed by atoms with Crippen LogP contribution in [0.1, 0.15) is 36.2 Å². The quantitative estimate of drug-likeness (QED) is 0.241. The van der Waals surface area contributed by atoms with Gasteiger partial charge in [0.05, 0.1) is 30.5 Å². The van der Waals surface area contributed by atoms with Gasteiger partial charge >= 0.3 is 0 Å². The number of carbonyl (C=O) groups is 1. The van der Waals surface area contributed by atoms with Crippen LogP contribution in [0.25, 0.3) is 17.1 Å². The Bertz CT molecular complexity index is 1440. The van der Waals surface area contributed by atoms with Crippen molar-refractivity contribution in [3.05, 3.63) is 35.7 Å². The van der Waals surface area contributed by atoms with Crippen LogP contribution >= 0.6 is 0 Å². The summed E-state index contributed by atoms with van der Waals surface area (Å²) in [5.74, 6) is 1.28. The molecule has 4 atom stereocenters. The second kappa shape index (κ2) is 9.17. The third-order valence-electron chi connectivity index (χ3n) is 6.47. The van der Waals surface area contributed by atoms with Crippen molar-refractivity contribution in [1.82, 2.24) is 45.0 Å². The Labute approximate surface area is 209 Å². The number of nitrogens with zero attached hydrogens (tertiary/aromatic N) is 8. The van der Waals surface area contributed by atoms with Gasteiger partial charge in [0.1, 0.15) is 12.2 Å². The van der Waals surface area contributed by atoms with Crippen LogP contribution in [0.15, 0.2) is 23.1 Å². The Hall–Kier alpha value is -3.95. The van der Waals surface area contributed by atoms with Gasteiger partial charge < -0.3 is 30.1 Å². The number of anilines is 1. The molecule has 4 aromatic rings. The van der Waals surface area contributed by atoms with E-state index >= 15 is 0 Å². The molecule has 1 aliphatic heterocycles. The van der Waals surface area contributed by atoms with E-state index in [0.29, 0.717) is 28.7 Å². The van der Waals surface area contributed by atoms with Crippen molar-refractivity contribution in [3.63, 3.8) is 0 Å². The molecule has 194 valence electrons. The van der Waals surface area contributed by atoms with Crippen molar-refractivity contribution in [2.45, 2.75) is 57.3 Å². The lowest BCUT2D eigenvalue weighted by Crippen LogP contribution is -2.41. The largest absolute Gasteiger partial charge is 0.387 e. The summed E-state index contributed by atoms with van der Waals surface area (Å²) in [6.45, 7) is 2.11. The number of aliphatic hydroxyl groups excluding tert-OH is 2. The molecule has 4 aromatic heterocycles. The number of fused-ring (bicyclic) bond motifs is 1. The maximum Gasteiger partial charge on any atom is 0.256 e. The first-order chi connectivity index (χ1) is 17.9. The second-order valence-electron chi connectivity index (χ2n) is 9.33. The molecule has 6 rings (SSSR count). The van der Waals surface area contributed by atoms with Gasteiger partial charge in [-0.2, -0.15) is 14.6 Å². The first-order valence-corrected chi connectivity index (χ1v) is 12.0. The zero-order valence-electron chi connectivity index (χ0n) is 20.1. The molecule has 1 aliphatic carbocycles. The SMILES string of the molecule is CNC(=O)[C@H]1O[C@@H](n2cnc3c(NCc4cc(C)no4)nc(-n4cc(CC5CC5)nn4)nc32)[C@H](O)[C@@H]1O. The van der Waals surface area contributed by atoms with Gasteiger partial charge in [0.25, 0.3) is 11.9 Å². The third-order valence-corrected chi connectivity index (χ3v) is 6.47. The van der Waals surface area contributed by atoms with Gasteiger partial charge in [-0.05, 0) is 32.1 Å². The summed E-state index contributed by atoms with van der Waals surface area (Å²) < 4.78 is 14.0. The average molecular weight is 511 g/mol. The van der Waals surface area contributed by atoms with Gasteiger partial charge in [0.2, 0.25) is 0 Å². The number of likely N-dealkylation sites (N-methyl/N-ethyl adjacent to an activating group) is 1. The predicted molar refractivity (Wildman–Crippen MR) is 125 cm³/mol. The van der Waals surface area contributed by atoms with E-state index in [1.54, 1.807) is 12.3 Å². The number of amides is 1. The van der Waals surface area contributed by atoms with E-state index in [0.717, 1.165) is 17.8 Å². The number of aromatic nitrogens is 8. The lowest BCUT2D eigenvalue weighted by atomic mass is 10.1. The summed E-state index contributed by atoms with van der Waals surface area (Å²) in [4.78, 5) is 25.8. The maximum atomic E-state index is 12.1. The Kier molecular flexibility index (Phi) is 5.81. The lowest BCUT2D eigenvalue weighted by Gasteiger charge is -2.17. The van der Waals surface area contributed by atoms with E-state index in [1.165, 1.54) is 35.5 Å². The molecular weight excluding hydrogens is 484 g/mol. The van der Waals surface area contributed by atoms with Gasteiger partial charge in [0.15, 0.2) is 35.1 Å². The van der Waals surface area contributed by atoms with Crippen LogP contribution in [0.5, 0.6) is 0 Å². The van der Waals surface area contributed by atoms with E-state index in [1.807, 2.05) is 6.92 Å². The molecule has 0 aromatic carbocycles. The van der Waals surface area contributed by atoms with Crippen LogP contribution in [-0.4, -0.2) is 81.1 Å². The fraction of sp³-hybridized carbons (Fsp3) is 0.500. The molecule has 4 N–H and O–H groups in total. The smallest absolute Gasteiger partial charge is 0.256 e. The molecule has 1 saturated heterocycles. The summed E-state index contributed by atoms with van der Waals surface area (Å²) in [7, 11) is 1.42. The van der Waals surface area contributed by atoms with Crippen LogP contribution in [0.2, 0.25) is 0 Å². The molecule has 0 bridgehead atoms. The summed E-state index contributed by atoms with van der Waals surface area (Å²) >= 11 is 0. The van der Waals surface area contributed by atoms with Crippen LogP contribution in [0.4, 0.5) is 5.82 Å². The van der Waals surface area contributed by atoms with E-state index < -0.39 is 30.4 Å². The standard InChI is InChI=1S/C22H26N10O5/c1-10-5-13(37-29-10)7-24-18-14-19(27-22(26-18)32-8-12(28-30-32)6-11-3-4-11)31(9-25-14)21-16(34)15(33)17(36-21)20(35)23-2/h5,8-9,11,15-17,21,33-34H,3-4,6-7H2,1-2H3,(H,23,35)(H,24,26,27)/t15-,16+,17-,21+/m0/s1. The molecule has 37 heavy (non-hydrogen) atoms. The van der Waals surface area contributed by atoms with Crippen molar-refractivity contribution in [1.29, 1.82) is 0 Å². The van der Waals surface area contributed by atoms with Crippen molar-refractivity contribution >= 4 is 22.9 Å². The number of imidazole rings is 1. The number of ether oxygens (including phenoxy) is 1. The fourth-order valence-corrected chi connectivity index (χ4v) is 4.34. The van der Waals surface area contributed by atoms with E-state index in [9.17, 15) is 15.0 Å². The summed E-state index contributed by atoms with van der Waals surface area (Å²) in [6.07, 6.45) is 1.23. The van der Waals surface area contributed by atoms with Gasteiger partial charge in [-0.15, -0.1) is 5.10 Å². The van der Waals surface area contributed by atoms with Gasteiger partial charge in [-0.3, -0.25) is 9.36 Å². The Morgan fingerprint density at radius 1 is 1.24 bits per heavy atom. The number of nitrogens with one attached hydrogen (secondary N) is 2. The molecule has 5 heterocycles. The first-order valence-electron chi connectivity index (χ1n) is 12.0. The Morgan fingerprint density at radius 3 is 2.81 bits per heavy atom. The van der Waals surface area contributed by atoms with Crippen molar-refractivity contribution in [2.24, 2.45) is 5.92 Å². The molecule has 2 fully saturated rings. The minimum absolute atomic E-state index is 0.218. The molecule has 0 radical (unpaired) electrons. The van der Waals surface area contributed by atoms with Gasteiger partial charge in [0, 0.05) is 13.1 Å². The highest BCUT2D eigenvalue weighted by Crippen LogP contribution is 2.34. The molecule has 2 aliphatic rings. The molecule has 0 spiro atoms. The summed E-state index contributed by atoms with van der Waals surface area (Å²) in [5, 5.41) is 39.1. The molecule has 1 amide bonds. The Balaban J connectivity index is 1.39. The van der Waals surface area contributed by atoms with Crippen molar-refractivity contribution in [3.8, 4) is 5.95 Å². The lowest BCUT2D eigenvalue weighted by molar-refractivity contribution is -0.137. The highest BCUT2D eigenvalue weighted by atomic mass is 16.6. The molecular formula is C22H26N10O5. The van der Waals surface area contributed by atoms with Gasteiger partial charge in [-0.1, -0.05) is 10.4 Å². The van der Waals surface area contributed by atoms with Crippen molar-refractivity contribution in [2.75, 3.05) is 12.4 Å². The molecule has 1 saturated carbocycles. The zero-order valence-corrected chi connectivity index (χ0v) is 20.1. The number of hydrogen-bond acceptors (Lipinski definition) is 12. The highest BCUT2D eigenvalue weighted by Gasteiger charge is 2.47. The number of aliphatic hydroxyl groups is 2. The van der Waals surface area contributed by atoms with Crippen LogP contribution in [0, 0.1) is 12.8 Å². The van der Waals surface area contributed by atoms with E-state index in [4.69, 9.17) is 9.26 Å². The fourth-order valence-electron chi connectivity index (χ4n) is 4.34. The number of aryl methyl sites for hydroxylation is 1. The number of hydrogen-bond donors (Lipinski definition) is 4. The molecule has 15 nitrogen and oxygen atoms in total. The van der Waals surface area contributed by atoms with Crippen LogP contribution < -0.4 is 10.6 Å². The topological polar surface area (TPSA) is 191 Å². The summed E-state index contributed by atoms with van der Waals surface area (Å²) in [6, 6.07) is 1.80. The summed E-state index contributed by atoms with van der Waals surface area (Å²) in [5.41, 5.74) is 2.27. The van der Waals surface area contributed by atoms with Crippen LogP contribution in [0.3, 0.4) is 0 Å². The minimum atomic E-state index is -1.43. The van der Waals surface area contributed by atoms with E-state index in [-0.39, 0.29) is 12.5 Å². The second-order valence-corrected chi connectivity index (χ2v) is 9.33. The molecule has 0 unspecified atom stereocenters. The Morgan fingerprint density at radius 2 is 2.08 bits per heavy atom. The maximum absolute atomic E-state index is 12.1. The van der Waals surface area contributed by atoms with Crippen LogP contribution in [-0.2, 0) is 22.5 Å².